The Hall–Kier alpha value is -2.17. The van der Waals surface area contributed by atoms with Crippen LogP contribution in [0.3, 0.4) is 0 Å². The van der Waals surface area contributed by atoms with Gasteiger partial charge >= 0.3 is 5.97 Å². The minimum absolute atomic E-state index is 0.190. The Bertz CT molecular complexity index is 635. The maximum Gasteiger partial charge on any atom is 0.337 e. The number of hydrogen-bond donors (Lipinski definition) is 0. The Labute approximate surface area is 117 Å². The number of rotatable bonds is 4. The van der Waals surface area contributed by atoms with Crippen LogP contribution in [0.1, 0.15) is 29.8 Å². The number of hydrogen-bond acceptors (Lipinski definition) is 3. The summed E-state index contributed by atoms with van der Waals surface area (Å²) in [5.41, 5.74) is 2.51. The van der Waals surface area contributed by atoms with Crippen molar-refractivity contribution in [1.82, 2.24) is 9.78 Å². The highest BCUT2D eigenvalue weighted by atomic mass is 19.1. The lowest BCUT2D eigenvalue weighted by molar-refractivity contribution is 0.0600. The van der Waals surface area contributed by atoms with Crippen molar-refractivity contribution in [3.63, 3.8) is 0 Å². The van der Waals surface area contributed by atoms with Crippen molar-refractivity contribution < 1.29 is 13.9 Å². The summed E-state index contributed by atoms with van der Waals surface area (Å²) in [6, 6.07) is 4.15. The van der Waals surface area contributed by atoms with Crippen LogP contribution >= 0.6 is 0 Å². The molecule has 0 unspecified atom stereocenters. The Morgan fingerprint density at radius 1 is 1.35 bits per heavy atom. The molecule has 2 rings (SSSR count). The van der Waals surface area contributed by atoms with Crippen molar-refractivity contribution in [3.05, 3.63) is 41.3 Å². The molecule has 0 saturated carbocycles. The van der Waals surface area contributed by atoms with Gasteiger partial charge in [0.05, 0.1) is 18.4 Å². The third-order valence-electron chi connectivity index (χ3n) is 3.13. The molecule has 20 heavy (non-hydrogen) atoms. The summed E-state index contributed by atoms with van der Waals surface area (Å²) in [6.45, 7) is 4.74. The van der Waals surface area contributed by atoms with E-state index in [9.17, 15) is 9.18 Å². The highest BCUT2D eigenvalue weighted by molar-refractivity contribution is 5.91. The second kappa shape index (κ2) is 5.86. The van der Waals surface area contributed by atoms with Crippen LogP contribution < -0.4 is 0 Å². The summed E-state index contributed by atoms with van der Waals surface area (Å²) in [4.78, 5) is 11.6. The molecule has 0 N–H and O–H groups in total. The molecule has 1 aromatic heterocycles. The molecule has 1 aromatic carbocycles. The first-order valence-corrected chi connectivity index (χ1v) is 6.54. The summed E-state index contributed by atoms with van der Waals surface area (Å²) in [6.07, 6.45) is 2.73. The molecule has 0 fully saturated rings. The second-order valence-corrected chi connectivity index (χ2v) is 4.43. The maximum absolute atomic E-state index is 13.7. The van der Waals surface area contributed by atoms with Crippen LogP contribution in [0.2, 0.25) is 0 Å². The number of nitrogens with zero attached hydrogens (tertiary/aromatic N) is 2. The molecular weight excluding hydrogens is 259 g/mol. The van der Waals surface area contributed by atoms with Gasteiger partial charge in [-0.15, -0.1) is 0 Å². The molecule has 0 spiro atoms. The largest absolute Gasteiger partial charge is 0.465 e. The van der Waals surface area contributed by atoms with E-state index in [1.165, 1.54) is 13.2 Å². The zero-order valence-electron chi connectivity index (χ0n) is 11.8. The molecule has 0 radical (unpaired) electrons. The summed E-state index contributed by atoms with van der Waals surface area (Å²) >= 11 is 0. The third-order valence-corrected chi connectivity index (χ3v) is 3.13. The van der Waals surface area contributed by atoms with Crippen molar-refractivity contribution in [3.8, 4) is 11.3 Å². The quantitative estimate of drug-likeness (QED) is 0.806. The standard InChI is InChI=1S/C15H17FN2O2/c1-4-10-9-18(5-2)17-14(10)11-6-12(15(19)20-3)8-13(16)7-11/h6-9H,4-5H2,1-3H3. The number of aromatic nitrogens is 2. The molecule has 106 valence electrons. The predicted octanol–water partition coefficient (Wildman–Crippen LogP) is 3.06. The normalized spacial score (nSPS) is 10.6. The van der Waals surface area contributed by atoms with Crippen LogP contribution in [-0.2, 0) is 17.7 Å². The van der Waals surface area contributed by atoms with E-state index in [2.05, 4.69) is 9.84 Å². The van der Waals surface area contributed by atoms with E-state index < -0.39 is 11.8 Å². The Balaban J connectivity index is 2.54. The van der Waals surface area contributed by atoms with Crippen LogP contribution in [0.5, 0.6) is 0 Å². The van der Waals surface area contributed by atoms with Crippen molar-refractivity contribution in [2.24, 2.45) is 0 Å². The average Bonchev–Trinajstić information content (AvgIpc) is 2.89. The van der Waals surface area contributed by atoms with Gasteiger partial charge in [-0.3, -0.25) is 4.68 Å². The van der Waals surface area contributed by atoms with Crippen LogP contribution in [0.15, 0.2) is 24.4 Å². The van der Waals surface area contributed by atoms with Crippen molar-refractivity contribution in [2.75, 3.05) is 7.11 Å². The SMILES string of the molecule is CCc1cn(CC)nc1-c1cc(F)cc(C(=O)OC)c1. The van der Waals surface area contributed by atoms with Gasteiger partial charge in [0.2, 0.25) is 0 Å². The molecule has 0 atom stereocenters. The minimum atomic E-state index is -0.557. The number of methoxy groups -OCH3 is 1. The van der Waals surface area contributed by atoms with Crippen LogP contribution in [0, 0.1) is 5.82 Å². The molecule has 5 heteroatoms. The fraction of sp³-hybridized carbons (Fsp3) is 0.333. The van der Waals surface area contributed by atoms with Gasteiger partial charge in [0.1, 0.15) is 5.82 Å². The first kappa shape index (κ1) is 14.2. The molecule has 0 saturated heterocycles. The Kier molecular flexibility index (Phi) is 4.17. The van der Waals surface area contributed by atoms with Gasteiger partial charge in [-0.2, -0.15) is 5.10 Å². The average molecular weight is 276 g/mol. The number of aryl methyl sites for hydroxylation is 2. The number of carbonyl (C=O) groups excluding carboxylic acids is 1. The number of benzene rings is 1. The highest BCUT2D eigenvalue weighted by Gasteiger charge is 2.14. The lowest BCUT2D eigenvalue weighted by Gasteiger charge is -2.04. The molecule has 2 aromatic rings. The van der Waals surface area contributed by atoms with E-state index in [1.54, 1.807) is 10.7 Å². The molecule has 0 aliphatic heterocycles. The fourth-order valence-electron chi connectivity index (χ4n) is 2.09. The van der Waals surface area contributed by atoms with E-state index in [1.807, 2.05) is 20.0 Å². The second-order valence-electron chi connectivity index (χ2n) is 4.43. The molecule has 0 amide bonds. The zero-order chi connectivity index (χ0) is 14.7. The highest BCUT2D eigenvalue weighted by Crippen LogP contribution is 2.25. The molecular formula is C15H17FN2O2. The Morgan fingerprint density at radius 3 is 2.70 bits per heavy atom. The number of ether oxygens (including phenoxy) is 1. The van der Waals surface area contributed by atoms with Gasteiger partial charge in [0.15, 0.2) is 0 Å². The lowest BCUT2D eigenvalue weighted by atomic mass is 10.0. The molecule has 0 bridgehead atoms. The molecule has 0 aliphatic rings. The van der Waals surface area contributed by atoms with Gasteiger partial charge in [-0.05, 0) is 37.1 Å². The summed E-state index contributed by atoms with van der Waals surface area (Å²) < 4.78 is 20.1. The van der Waals surface area contributed by atoms with Crippen LogP contribution in [0.4, 0.5) is 4.39 Å². The third kappa shape index (κ3) is 2.71. The molecule has 4 nitrogen and oxygen atoms in total. The minimum Gasteiger partial charge on any atom is -0.465 e. The van der Waals surface area contributed by atoms with E-state index in [-0.39, 0.29) is 5.56 Å². The summed E-state index contributed by atoms with van der Waals surface area (Å²) in [7, 11) is 1.27. The summed E-state index contributed by atoms with van der Waals surface area (Å²) in [5, 5.41) is 4.44. The van der Waals surface area contributed by atoms with Crippen LogP contribution in [-0.4, -0.2) is 22.9 Å². The van der Waals surface area contributed by atoms with E-state index in [0.29, 0.717) is 11.3 Å². The topological polar surface area (TPSA) is 44.1 Å². The van der Waals surface area contributed by atoms with Gasteiger partial charge in [0.25, 0.3) is 0 Å². The van der Waals surface area contributed by atoms with Gasteiger partial charge in [0, 0.05) is 18.3 Å². The zero-order valence-corrected chi connectivity index (χ0v) is 11.8. The molecule has 1 heterocycles. The predicted molar refractivity (Wildman–Crippen MR) is 74.0 cm³/mol. The first-order chi connectivity index (χ1) is 9.58. The smallest absolute Gasteiger partial charge is 0.337 e. The van der Waals surface area contributed by atoms with Gasteiger partial charge < -0.3 is 4.74 Å². The van der Waals surface area contributed by atoms with Crippen LogP contribution in [0.25, 0.3) is 11.3 Å². The van der Waals surface area contributed by atoms with Gasteiger partial charge in [-0.25, -0.2) is 9.18 Å². The first-order valence-electron chi connectivity index (χ1n) is 6.54. The fourth-order valence-corrected chi connectivity index (χ4v) is 2.09. The van der Waals surface area contributed by atoms with Crippen molar-refractivity contribution in [2.45, 2.75) is 26.8 Å². The van der Waals surface area contributed by atoms with Gasteiger partial charge in [-0.1, -0.05) is 6.92 Å². The monoisotopic (exact) mass is 276 g/mol. The van der Waals surface area contributed by atoms with E-state index >= 15 is 0 Å². The molecule has 0 aliphatic carbocycles. The summed E-state index contributed by atoms with van der Waals surface area (Å²) in [5.74, 6) is -1.03. The van der Waals surface area contributed by atoms with Crippen molar-refractivity contribution in [1.29, 1.82) is 0 Å². The van der Waals surface area contributed by atoms with Crippen molar-refractivity contribution >= 4 is 5.97 Å². The Morgan fingerprint density at radius 2 is 2.10 bits per heavy atom. The number of carbonyl (C=O) groups is 1. The number of halogens is 1. The maximum atomic E-state index is 13.7. The number of esters is 1. The van der Waals surface area contributed by atoms with E-state index in [0.717, 1.165) is 24.6 Å². The lowest BCUT2D eigenvalue weighted by Crippen LogP contribution is -2.02. The van der Waals surface area contributed by atoms with E-state index in [4.69, 9.17) is 0 Å².